The molecule has 0 bridgehead atoms. The van der Waals surface area contributed by atoms with Gasteiger partial charge < -0.3 is 48.8 Å². The maximum absolute atomic E-state index is 13.2. The van der Waals surface area contributed by atoms with E-state index >= 15 is 0 Å². The molecule has 13 nitrogen and oxygen atoms in total. The Balaban J connectivity index is 1.41. The van der Waals surface area contributed by atoms with Gasteiger partial charge in [0.15, 0.2) is 5.78 Å². The lowest BCUT2D eigenvalue weighted by molar-refractivity contribution is -0.423. The van der Waals surface area contributed by atoms with Crippen molar-refractivity contribution in [3.8, 4) is 0 Å². The molecule has 0 spiro atoms. The number of nitrogens with zero attached hydrogens (tertiary/aromatic N) is 2. The number of carbonyl (C=O) groups is 3. The van der Waals surface area contributed by atoms with Crippen molar-refractivity contribution in [3.05, 3.63) is 71.8 Å². The number of amides is 2. The van der Waals surface area contributed by atoms with Crippen molar-refractivity contribution in [2.24, 2.45) is 0 Å². The Hall–Kier alpha value is -3.59. The predicted octanol–water partition coefficient (Wildman–Crippen LogP) is 1.17. The number of aliphatic hydroxyl groups excluding tert-OH is 2. The van der Waals surface area contributed by atoms with Gasteiger partial charge in [0, 0.05) is 20.5 Å². The molecule has 5 rings (SSSR count). The van der Waals surface area contributed by atoms with Gasteiger partial charge >= 0.3 is 12.2 Å². The fraction of sp³-hybridized carbons (Fsp3) is 0.500. The third-order valence-corrected chi connectivity index (χ3v) is 8.07. The molecule has 43 heavy (non-hydrogen) atoms. The third kappa shape index (κ3) is 6.09. The molecule has 2 aromatic rings. The van der Waals surface area contributed by atoms with Crippen molar-refractivity contribution in [2.45, 2.75) is 81.2 Å². The Labute approximate surface area is 248 Å². The second kappa shape index (κ2) is 12.6. The van der Waals surface area contributed by atoms with Crippen molar-refractivity contribution in [2.75, 3.05) is 14.1 Å². The van der Waals surface area contributed by atoms with Gasteiger partial charge in [-0.15, -0.1) is 0 Å². The van der Waals surface area contributed by atoms with E-state index in [2.05, 4.69) is 0 Å². The minimum absolute atomic E-state index is 0.0628. The summed E-state index contributed by atoms with van der Waals surface area (Å²) in [4.78, 5) is 41.3. The van der Waals surface area contributed by atoms with E-state index in [0.29, 0.717) is 5.56 Å². The molecule has 232 valence electrons. The molecule has 3 aliphatic rings. The molecular weight excluding hydrogens is 564 g/mol. The largest absolute Gasteiger partial charge is 0.445 e. The van der Waals surface area contributed by atoms with E-state index in [4.69, 9.17) is 23.7 Å². The minimum Gasteiger partial charge on any atom is -0.445 e. The minimum atomic E-state index is -2.55. The van der Waals surface area contributed by atoms with Crippen LogP contribution in [0.25, 0.3) is 0 Å². The number of hydrogen-bond acceptors (Lipinski definition) is 11. The Morgan fingerprint density at radius 1 is 0.837 bits per heavy atom. The third-order valence-electron chi connectivity index (χ3n) is 8.07. The first kappa shape index (κ1) is 30.9. The topological polar surface area (TPSA) is 165 Å². The van der Waals surface area contributed by atoms with Crippen LogP contribution < -0.4 is 0 Å². The van der Waals surface area contributed by atoms with E-state index in [0.717, 1.165) is 15.4 Å². The first-order valence-electron chi connectivity index (χ1n) is 14.0. The van der Waals surface area contributed by atoms with Crippen molar-refractivity contribution < 1.29 is 53.4 Å². The lowest BCUT2D eigenvalue weighted by Gasteiger charge is -2.57. The van der Waals surface area contributed by atoms with Crippen molar-refractivity contribution in [3.63, 3.8) is 0 Å². The summed E-state index contributed by atoms with van der Waals surface area (Å²) in [5, 5.41) is 34.3. The number of rotatable bonds is 6. The fourth-order valence-electron chi connectivity index (χ4n) is 5.76. The van der Waals surface area contributed by atoms with E-state index in [1.807, 2.05) is 12.1 Å². The van der Waals surface area contributed by atoms with Gasteiger partial charge in [0.1, 0.15) is 37.6 Å². The quantitative estimate of drug-likeness (QED) is 0.436. The fourth-order valence-corrected chi connectivity index (χ4v) is 5.76. The number of carbonyl (C=O) groups excluding carboxylic acids is 3. The van der Waals surface area contributed by atoms with Crippen LogP contribution >= 0.6 is 0 Å². The smallest absolute Gasteiger partial charge is 0.410 e. The van der Waals surface area contributed by atoms with Gasteiger partial charge in [-0.2, -0.15) is 0 Å². The number of hydrogen-bond donors (Lipinski definition) is 3. The monoisotopic (exact) mass is 600 g/mol. The highest BCUT2D eigenvalue weighted by molar-refractivity contribution is 5.87. The zero-order valence-corrected chi connectivity index (χ0v) is 24.0. The Bertz CT molecular complexity index is 1300. The van der Waals surface area contributed by atoms with Crippen LogP contribution in [-0.4, -0.2) is 112 Å². The first-order valence-corrected chi connectivity index (χ1v) is 14.0. The molecule has 1 saturated carbocycles. The lowest BCUT2D eigenvalue weighted by atomic mass is 9.78. The number of ketones is 1. The van der Waals surface area contributed by atoms with Crippen molar-refractivity contribution >= 4 is 18.0 Å². The summed E-state index contributed by atoms with van der Waals surface area (Å²) in [6.45, 7) is 1.48. The molecule has 2 heterocycles. The van der Waals surface area contributed by atoms with Crippen molar-refractivity contribution in [1.29, 1.82) is 0 Å². The van der Waals surface area contributed by atoms with Gasteiger partial charge in [0.2, 0.25) is 6.29 Å². The summed E-state index contributed by atoms with van der Waals surface area (Å²) in [5.74, 6) is -3.26. The van der Waals surface area contributed by atoms with E-state index < -0.39 is 72.7 Å². The molecule has 0 radical (unpaired) electrons. The van der Waals surface area contributed by atoms with Gasteiger partial charge in [-0.05, 0) is 18.1 Å². The second-order valence-corrected chi connectivity index (χ2v) is 11.1. The highest BCUT2D eigenvalue weighted by atomic mass is 16.8. The number of ether oxygens (including phenoxy) is 5. The summed E-state index contributed by atoms with van der Waals surface area (Å²) in [7, 11) is 2.67. The maximum atomic E-state index is 13.2. The molecule has 2 aromatic carbocycles. The molecule has 3 fully saturated rings. The Kier molecular flexibility index (Phi) is 9.02. The van der Waals surface area contributed by atoms with Crippen LogP contribution in [-0.2, 0) is 41.7 Å². The molecule has 0 aromatic heterocycles. The van der Waals surface area contributed by atoms with Gasteiger partial charge in [-0.3, -0.25) is 4.79 Å². The Morgan fingerprint density at radius 2 is 1.35 bits per heavy atom. The summed E-state index contributed by atoms with van der Waals surface area (Å²) in [5.41, 5.74) is 1.44. The van der Waals surface area contributed by atoms with Crippen molar-refractivity contribution in [1.82, 2.24) is 9.80 Å². The summed E-state index contributed by atoms with van der Waals surface area (Å²) in [6, 6.07) is 15.2. The number of aliphatic hydroxyl groups is 3. The van der Waals surface area contributed by atoms with E-state index in [9.17, 15) is 29.7 Å². The van der Waals surface area contributed by atoms with Crippen LogP contribution in [0.2, 0.25) is 0 Å². The molecule has 1 aliphatic carbocycles. The summed E-state index contributed by atoms with van der Waals surface area (Å²) < 4.78 is 28.3. The average Bonchev–Trinajstić information content (AvgIpc) is 2.99. The average molecular weight is 601 g/mol. The van der Waals surface area contributed by atoms with Gasteiger partial charge in [0.05, 0.1) is 18.2 Å². The first-order chi connectivity index (χ1) is 20.5. The van der Waals surface area contributed by atoms with Gasteiger partial charge in [0.25, 0.3) is 5.79 Å². The van der Waals surface area contributed by atoms with Crippen LogP contribution in [0.15, 0.2) is 60.7 Å². The highest BCUT2D eigenvalue weighted by Crippen LogP contribution is 2.42. The molecule has 13 heteroatoms. The van der Waals surface area contributed by atoms with Gasteiger partial charge in [-0.25, -0.2) is 9.59 Å². The SMILES string of the molecule is C[C@@H]1CC(=O)[C@@]2(O)O[C@@H]3[C@@H](O[C@@H]2O1)[C@@H](O)C(N(C)C(=O)OCc1ccccc1)[C@H](O)[C@@H]3N(C)C(=O)OCc1ccccc1. The zero-order valence-electron chi connectivity index (χ0n) is 24.0. The molecule has 9 atom stereocenters. The van der Waals surface area contributed by atoms with Crippen LogP contribution in [0.1, 0.15) is 24.5 Å². The number of benzene rings is 2. The Morgan fingerprint density at radius 3 is 1.88 bits per heavy atom. The van der Waals surface area contributed by atoms with E-state index in [1.165, 1.54) is 14.1 Å². The number of likely N-dealkylation sites (N-methyl/N-ethyl adjacent to an activating group) is 2. The molecule has 2 amide bonds. The van der Waals surface area contributed by atoms with Gasteiger partial charge in [-0.1, -0.05) is 60.7 Å². The second-order valence-electron chi connectivity index (χ2n) is 11.1. The molecule has 1 unspecified atom stereocenters. The summed E-state index contributed by atoms with van der Waals surface area (Å²) in [6.07, 6.45) is -10.2. The normalized spacial score (nSPS) is 33.5. The molecule has 2 saturated heterocycles. The lowest BCUT2D eigenvalue weighted by Crippen LogP contribution is -2.78. The van der Waals surface area contributed by atoms with E-state index in [1.54, 1.807) is 55.5 Å². The van der Waals surface area contributed by atoms with Crippen LogP contribution in [0.4, 0.5) is 9.59 Å². The van der Waals surface area contributed by atoms with Crippen LogP contribution in [0.5, 0.6) is 0 Å². The zero-order chi connectivity index (χ0) is 30.9. The number of Topliss-reactive ketones (excluding diaryl/α,β-unsaturated/α-hetero) is 1. The molecular formula is C30H36N2O11. The standard InChI is InChI=1S/C30H36N2O11/c1-17-14-20(33)30(38)27(41-17)42-26-24(35)21(31(2)28(36)39-15-18-10-6-4-7-11-18)23(34)22(25(26)43-30)32(3)29(37)40-16-19-12-8-5-9-13-19/h4-13,17,21-27,34-35,38H,14-16H2,1-3H3/t17-,21?,22+,23+,24+,25+,26+,27+,30-/m1/s1. The molecule has 2 aliphatic heterocycles. The number of fused-ring (bicyclic) bond motifs is 2. The summed E-state index contributed by atoms with van der Waals surface area (Å²) >= 11 is 0. The van der Waals surface area contributed by atoms with E-state index in [-0.39, 0.29) is 19.6 Å². The highest BCUT2D eigenvalue weighted by Gasteiger charge is 2.65. The maximum Gasteiger partial charge on any atom is 0.410 e. The molecule has 3 N–H and O–H groups in total. The van der Waals surface area contributed by atoms with Crippen LogP contribution in [0, 0.1) is 0 Å². The van der Waals surface area contributed by atoms with Crippen LogP contribution in [0.3, 0.4) is 0 Å². The predicted molar refractivity (Wildman–Crippen MR) is 147 cm³/mol.